The Hall–Kier alpha value is -1.77. The first-order valence-corrected chi connectivity index (χ1v) is 9.44. The van der Waals surface area contributed by atoms with Crippen LogP contribution in [0.15, 0.2) is 5.10 Å². The number of carbonyl (C=O) groups excluding carboxylic acids is 1. The Kier molecular flexibility index (Phi) is 4.40. The molecule has 0 unspecified atom stereocenters. The molecule has 0 saturated heterocycles. The molecule has 0 aliphatic heterocycles. The molecule has 5 rings (SSSR count). The van der Waals surface area contributed by atoms with Crippen LogP contribution in [0.25, 0.3) is 0 Å². The third kappa shape index (κ3) is 3.53. The van der Waals surface area contributed by atoms with Crippen molar-refractivity contribution in [3.8, 4) is 0 Å². The average molecular weight is 404 g/mol. The van der Waals surface area contributed by atoms with E-state index in [4.69, 9.17) is 11.6 Å². The van der Waals surface area contributed by atoms with Crippen LogP contribution in [0.4, 0.5) is 18.0 Å². The molecule has 4 fully saturated rings. The second-order valence-corrected chi connectivity index (χ2v) is 8.55. The van der Waals surface area contributed by atoms with Crippen molar-refractivity contribution in [3.05, 3.63) is 16.4 Å². The summed E-state index contributed by atoms with van der Waals surface area (Å²) in [6, 6.07) is -0.498. The fourth-order valence-corrected chi connectivity index (χ4v) is 5.71. The van der Waals surface area contributed by atoms with E-state index in [0.717, 1.165) is 30.2 Å². The highest BCUT2D eigenvalue weighted by atomic mass is 35.5. The fraction of sp³-hybridized carbons (Fsp3) is 0.706. The molecule has 4 bridgehead atoms. The van der Waals surface area contributed by atoms with Crippen molar-refractivity contribution in [2.45, 2.75) is 50.2 Å². The molecule has 0 radical (unpaired) electrons. The van der Waals surface area contributed by atoms with E-state index in [1.807, 2.05) is 0 Å². The summed E-state index contributed by atoms with van der Waals surface area (Å²) >= 11 is 5.86. The number of hydrogen-bond acceptors (Lipinski definition) is 3. The molecule has 10 heteroatoms. The second-order valence-electron chi connectivity index (χ2n) is 8.20. The molecule has 2 N–H and O–H groups in total. The molecule has 1 aromatic heterocycles. The number of hydrazone groups is 1. The number of amides is 2. The zero-order valence-corrected chi connectivity index (χ0v) is 15.6. The molecule has 4 aliphatic rings. The summed E-state index contributed by atoms with van der Waals surface area (Å²) in [6.07, 6.45) is 2.90. The van der Waals surface area contributed by atoms with Gasteiger partial charge in [-0.15, -0.1) is 0 Å². The fourth-order valence-electron chi connectivity index (χ4n) is 5.53. The van der Waals surface area contributed by atoms with Gasteiger partial charge in [0.1, 0.15) is 5.15 Å². The van der Waals surface area contributed by atoms with Gasteiger partial charge in [-0.1, -0.05) is 11.6 Å². The van der Waals surface area contributed by atoms with E-state index in [2.05, 4.69) is 20.9 Å². The molecule has 4 saturated carbocycles. The highest BCUT2D eigenvalue weighted by molar-refractivity contribution is 6.32. The Morgan fingerprint density at radius 1 is 1.26 bits per heavy atom. The zero-order chi connectivity index (χ0) is 19.4. The Bertz CT molecular complexity index is 753. The third-order valence-electron chi connectivity index (χ3n) is 6.06. The number of aryl methyl sites for hydroxylation is 1. The lowest BCUT2D eigenvalue weighted by Crippen LogP contribution is -2.61. The maximum absolute atomic E-state index is 13.0. The summed E-state index contributed by atoms with van der Waals surface area (Å²) in [6.45, 7) is 0. The van der Waals surface area contributed by atoms with Crippen LogP contribution < -0.4 is 10.7 Å². The van der Waals surface area contributed by atoms with Crippen LogP contribution in [0, 0.1) is 17.8 Å². The SMILES string of the molecule is Cn1nc(C(F)(F)F)c(/C=N/NC(=O)NC23CC4CC(CC(C4)C2)C3)c1Cl. The highest BCUT2D eigenvalue weighted by Gasteiger charge is 2.51. The minimum Gasteiger partial charge on any atom is -0.331 e. The maximum Gasteiger partial charge on any atom is 0.435 e. The van der Waals surface area contributed by atoms with Gasteiger partial charge in [0.2, 0.25) is 0 Å². The van der Waals surface area contributed by atoms with E-state index in [-0.39, 0.29) is 16.3 Å². The van der Waals surface area contributed by atoms with Gasteiger partial charge in [-0.25, -0.2) is 10.2 Å². The number of nitrogens with zero attached hydrogens (tertiary/aromatic N) is 3. The van der Waals surface area contributed by atoms with Crippen molar-refractivity contribution in [2.75, 3.05) is 0 Å². The van der Waals surface area contributed by atoms with Crippen LogP contribution in [0.5, 0.6) is 0 Å². The van der Waals surface area contributed by atoms with Crippen molar-refractivity contribution in [3.63, 3.8) is 0 Å². The van der Waals surface area contributed by atoms with Crippen molar-refractivity contribution >= 4 is 23.8 Å². The number of rotatable bonds is 3. The number of nitrogens with one attached hydrogen (secondary N) is 2. The van der Waals surface area contributed by atoms with Gasteiger partial charge in [-0.05, 0) is 56.3 Å². The Labute approximate surface area is 159 Å². The summed E-state index contributed by atoms with van der Waals surface area (Å²) < 4.78 is 40.0. The molecule has 1 aromatic rings. The third-order valence-corrected chi connectivity index (χ3v) is 6.50. The molecule has 6 nitrogen and oxygen atoms in total. The molecule has 0 atom stereocenters. The van der Waals surface area contributed by atoms with E-state index in [1.54, 1.807) is 0 Å². The van der Waals surface area contributed by atoms with Crippen LogP contribution in [0.3, 0.4) is 0 Å². The molecular weight excluding hydrogens is 383 g/mol. The first-order valence-electron chi connectivity index (χ1n) is 9.06. The normalized spacial score (nSPS) is 32.3. The summed E-state index contributed by atoms with van der Waals surface area (Å²) in [5.41, 5.74) is 0.570. The number of aromatic nitrogens is 2. The van der Waals surface area contributed by atoms with Crippen LogP contribution >= 0.6 is 11.6 Å². The van der Waals surface area contributed by atoms with Gasteiger partial charge in [0, 0.05) is 12.6 Å². The first kappa shape index (κ1) is 18.6. The zero-order valence-electron chi connectivity index (χ0n) is 14.8. The van der Waals surface area contributed by atoms with Crippen LogP contribution in [0.2, 0.25) is 5.15 Å². The standard InChI is InChI=1S/C17H21ClF3N5O/c1-26-14(18)12(13(25-26)17(19,20)21)8-22-24-15(27)23-16-5-9-2-10(6-16)4-11(3-9)7-16/h8-11H,2-7H2,1H3,(H2,23,24,27)/b22-8+. The molecule has 148 valence electrons. The molecule has 4 aliphatic carbocycles. The second kappa shape index (κ2) is 6.39. The summed E-state index contributed by atoms with van der Waals surface area (Å²) in [4.78, 5) is 12.3. The number of hydrogen-bond donors (Lipinski definition) is 2. The van der Waals surface area contributed by atoms with E-state index >= 15 is 0 Å². The molecule has 2 amide bonds. The number of urea groups is 1. The molecular formula is C17H21ClF3N5O. The minimum absolute atomic E-state index is 0.197. The predicted molar refractivity (Wildman–Crippen MR) is 93.4 cm³/mol. The van der Waals surface area contributed by atoms with Gasteiger partial charge in [0.25, 0.3) is 0 Å². The minimum atomic E-state index is -4.66. The quantitative estimate of drug-likeness (QED) is 0.596. The number of alkyl halides is 3. The van der Waals surface area contributed by atoms with Gasteiger partial charge in [0.15, 0.2) is 5.69 Å². The van der Waals surface area contributed by atoms with Crippen molar-refractivity contribution in [1.29, 1.82) is 0 Å². The lowest BCUT2D eigenvalue weighted by Gasteiger charge is -2.56. The molecule has 0 aromatic carbocycles. The Morgan fingerprint density at radius 2 is 1.81 bits per heavy atom. The van der Waals surface area contributed by atoms with Crippen LogP contribution in [0.1, 0.15) is 49.8 Å². The van der Waals surface area contributed by atoms with E-state index in [0.29, 0.717) is 17.8 Å². The lowest BCUT2D eigenvalue weighted by molar-refractivity contribution is -0.141. The Balaban J connectivity index is 1.42. The molecule has 27 heavy (non-hydrogen) atoms. The number of carbonyl (C=O) groups is 1. The van der Waals surface area contributed by atoms with E-state index in [1.165, 1.54) is 26.3 Å². The predicted octanol–water partition coefficient (Wildman–Crippen LogP) is 3.69. The molecule has 1 heterocycles. The van der Waals surface area contributed by atoms with E-state index < -0.39 is 17.9 Å². The van der Waals surface area contributed by atoms with Gasteiger partial charge in [-0.3, -0.25) is 4.68 Å². The average Bonchev–Trinajstić information content (AvgIpc) is 2.81. The van der Waals surface area contributed by atoms with Gasteiger partial charge < -0.3 is 5.32 Å². The van der Waals surface area contributed by atoms with Crippen molar-refractivity contribution in [2.24, 2.45) is 29.9 Å². The topological polar surface area (TPSA) is 71.3 Å². The van der Waals surface area contributed by atoms with Gasteiger partial charge in [0.05, 0.1) is 11.8 Å². The van der Waals surface area contributed by atoms with Gasteiger partial charge >= 0.3 is 12.2 Å². The highest BCUT2D eigenvalue weighted by Crippen LogP contribution is 2.55. The summed E-state index contributed by atoms with van der Waals surface area (Å²) in [5, 5.41) is 9.87. The monoisotopic (exact) mass is 403 g/mol. The summed E-state index contributed by atoms with van der Waals surface area (Å²) in [7, 11) is 1.31. The molecule has 0 spiro atoms. The Morgan fingerprint density at radius 3 is 2.33 bits per heavy atom. The maximum atomic E-state index is 13.0. The van der Waals surface area contributed by atoms with Crippen LogP contribution in [-0.4, -0.2) is 27.6 Å². The number of halogens is 4. The first-order chi connectivity index (χ1) is 12.7. The smallest absolute Gasteiger partial charge is 0.331 e. The largest absolute Gasteiger partial charge is 0.435 e. The summed E-state index contributed by atoms with van der Waals surface area (Å²) in [5.74, 6) is 2.01. The van der Waals surface area contributed by atoms with Crippen molar-refractivity contribution in [1.82, 2.24) is 20.5 Å². The van der Waals surface area contributed by atoms with Crippen molar-refractivity contribution < 1.29 is 18.0 Å². The van der Waals surface area contributed by atoms with Crippen LogP contribution in [-0.2, 0) is 13.2 Å². The van der Waals surface area contributed by atoms with E-state index in [9.17, 15) is 18.0 Å². The lowest BCUT2D eigenvalue weighted by atomic mass is 9.53. The van der Waals surface area contributed by atoms with Gasteiger partial charge in [-0.2, -0.15) is 23.4 Å².